The van der Waals surface area contributed by atoms with E-state index in [1.54, 1.807) is 0 Å². The lowest BCUT2D eigenvalue weighted by Crippen LogP contribution is -2.34. The van der Waals surface area contributed by atoms with Crippen molar-refractivity contribution in [3.8, 4) is 0 Å². The van der Waals surface area contributed by atoms with Crippen molar-refractivity contribution in [1.29, 1.82) is 0 Å². The molecule has 20 heavy (non-hydrogen) atoms. The molecule has 0 fully saturated rings. The second kappa shape index (κ2) is 7.10. The van der Waals surface area contributed by atoms with Gasteiger partial charge in [-0.15, -0.1) is 0 Å². The monoisotopic (exact) mass is 307 g/mol. The van der Waals surface area contributed by atoms with Gasteiger partial charge in [0.05, 0.1) is 16.8 Å². The summed E-state index contributed by atoms with van der Waals surface area (Å²) in [5, 5.41) is 12.6. The standard InChI is InChI=1S/C13H19F2NO3S/c1-9(2)6-16-7-10(17)8-20(18,19)11-3-4-12(14)13(15)5-11/h3-5,9-10,16-17H,6-8H2,1-2H3. The van der Waals surface area contributed by atoms with Gasteiger partial charge in [-0.25, -0.2) is 17.2 Å². The maximum absolute atomic E-state index is 13.0. The van der Waals surface area contributed by atoms with E-state index in [2.05, 4.69) is 5.32 Å². The molecule has 7 heteroatoms. The number of rotatable bonds is 7. The van der Waals surface area contributed by atoms with Crippen LogP contribution in [0.25, 0.3) is 0 Å². The Morgan fingerprint density at radius 3 is 2.40 bits per heavy atom. The highest BCUT2D eigenvalue weighted by molar-refractivity contribution is 7.91. The Balaban J connectivity index is 2.67. The minimum Gasteiger partial charge on any atom is -0.391 e. The van der Waals surface area contributed by atoms with Crippen molar-refractivity contribution in [2.75, 3.05) is 18.8 Å². The van der Waals surface area contributed by atoms with Crippen molar-refractivity contribution in [1.82, 2.24) is 5.32 Å². The molecule has 1 aromatic carbocycles. The second-order valence-electron chi connectivity index (χ2n) is 5.06. The zero-order valence-electron chi connectivity index (χ0n) is 11.4. The zero-order valence-corrected chi connectivity index (χ0v) is 12.3. The van der Waals surface area contributed by atoms with Crippen LogP contribution in [0, 0.1) is 17.6 Å². The lowest BCUT2D eigenvalue weighted by molar-refractivity contribution is 0.192. The number of aliphatic hydroxyl groups excluding tert-OH is 1. The molecule has 1 unspecified atom stereocenters. The molecule has 2 N–H and O–H groups in total. The van der Waals surface area contributed by atoms with Gasteiger partial charge in [-0.3, -0.25) is 0 Å². The molecular weight excluding hydrogens is 288 g/mol. The summed E-state index contributed by atoms with van der Waals surface area (Å²) in [7, 11) is -3.85. The first kappa shape index (κ1) is 17.0. The van der Waals surface area contributed by atoms with Crippen LogP contribution in [0.15, 0.2) is 23.1 Å². The first-order valence-corrected chi connectivity index (χ1v) is 7.94. The largest absolute Gasteiger partial charge is 0.391 e. The van der Waals surface area contributed by atoms with Gasteiger partial charge >= 0.3 is 0 Å². The molecule has 0 saturated carbocycles. The topological polar surface area (TPSA) is 66.4 Å². The smallest absolute Gasteiger partial charge is 0.181 e. The van der Waals surface area contributed by atoms with Gasteiger partial charge in [0.1, 0.15) is 0 Å². The quantitative estimate of drug-likeness (QED) is 0.746. The van der Waals surface area contributed by atoms with Crippen LogP contribution in [0.4, 0.5) is 8.78 Å². The second-order valence-corrected chi connectivity index (χ2v) is 7.10. The van der Waals surface area contributed by atoms with Crippen LogP contribution in [-0.4, -0.2) is 38.5 Å². The molecule has 0 aliphatic rings. The van der Waals surface area contributed by atoms with Crippen LogP contribution < -0.4 is 5.32 Å². The van der Waals surface area contributed by atoms with E-state index in [4.69, 9.17) is 0 Å². The Labute approximate surface area is 117 Å². The Morgan fingerprint density at radius 1 is 1.20 bits per heavy atom. The van der Waals surface area contributed by atoms with Crippen molar-refractivity contribution in [2.45, 2.75) is 24.8 Å². The fraction of sp³-hybridized carbons (Fsp3) is 0.538. The van der Waals surface area contributed by atoms with E-state index in [0.29, 0.717) is 18.5 Å². The molecule has 0 saturated heterocycles. The van der Waals surface area contributed by atoms with E-state index >= 15 is 0 Å². The summed E-state index contributed by atoms with van der Waals surface area (Å²) in [5.41, 5.74) is 0. The summed E-state index contributed by atoms with van der Waals surface area (Å²) >= 11 is 0. The molecule has 0 aliphatic heterocycles. The molecule has 114 valence electrons. The van der Waals surface area contributed by atoms with Crippen LogP contribution in [0.1, 0.15) is 13.8 Å². The van der Waals surface area contributed by atoms with Gasteiger partial charge in [0.2, 0.25) is 0 Å². The predicted octanol–water partition coefficient (Wildman–Crippen LogP) is 1.34. The van der Waals surface area contributed by atoms with Crippen molar-refractivity contribution in [2.24, 2.45) is 5.92 Å². The van der Waals surface area contributed by atoms with E-state index in [1.165, 1.54) is 0 Å². The van der Waals surface area contributed by atoms with Crippen molar-refractivity contribution in [3.63, 3.8) is 0 Å². The summed E-state index contributed by atoms with van der Waals surface area (Å²) < 4.78 is 49.6. The number of sulfone groups is 1. The highest BCUT2D eigenvalue weighted by atomic mass is 32.2. The number of halogens is 2. The lowest BCUT2D eigenvalue weighted by atomic mass is 10.2. The Kier molecular flexibility index (Phi) is 6.04. The normalized spacial score (nSPS) is 13.7. The number of nitrogens with one attached hydrogen (secondary N) is 1. The third kappa shape index (κ3) is 5.15. The van der Waals surface area contributed by atoms with Gasteiger partial charge in [-0.2, -0.15) is 0 Å². The van der Waals surface area contributed by atoms with Crippen LogP contribution in [0.5, 0.6) is 0 Å². The summed E-state index contributed by atoms with van der Waals surface area (Å²) in [5.74, 6) is -2.49. The number of aliphatic hydroxyl groups is 1. The van der Waals surface area contributed by atoms with Crippen LogP contribution in [-0.2, 0) is 9.84 Å². The summed E-state index contributed by atoms with van der Waals surface area (Å²) in [6, 6.07) is 2.37. The number of hydrogen-bond acceptors (Lipinski definition) is 4. The van der Waals surface area contributed by atoms with Gasteiger partial charge in [0.25, 0.3) is 0 Å². The first-order chi connectivity index (χ1) is 9.22. The molecule has 0 amide bonds. The third-order valence-corrected chi connectivity index (χ3v) is 4.39. The van der Waals surface area contributed by atoms with E-state index < -0.39 is 33.3 Å². The Hall–Kier alpha value is -1.05. The number of benzene rings is 1. The SMILES string of the molecule is CC(C)CNCC(O)CS(=O)(=O)c1ccc(F)c(F)c1. The summed E-state index contributed by atoms with van der Waals surface area (Å²) in [4.78, 5) is -0.334. The molecule has 1 aromatic rings. The highest BCUT2D eigenvalue weighted by Crippen LogP contribution is 2.16. The van der Waals surface area contributed by atoms with Gasteiger partial charge < -0.3 is 10.4 Å². The zero-order chi connectivity index (χ0) is 15.3. The molecule has 1 rings (SSSR count). The Morgan fingerprint density at radius 2 is 1.85 bits per heavy atom. The van der Waals surface area contributed by atoms with Crippen LogP contribution in [0.2, 0.25) is 0 Å². The lowest BCUT2D eigenvalue weighted by Gasteiger charge is -2.13. The minimum atomic E-state index is -3.85. The van der Waals surface area contributed by atoms with Gasteiger partial charge in [0.15, 0.2) is 21.5 Å². The molecule has 0 spiro atoms. The van der Waals surface area contributed by atoms with Gasteiger partial charge in [-0.05, 0) is 30.7 Å². The molecule has 0 radical (unpaired) electrons. The van der Waals surface area contributed by atoms with E-state index in [-0.39, 0.29) is 11.4 Å². The average molecular weight is 307 g/mol. The highest BCUT2D eigenvalue weighted by Gasteiger charge is 2.21. The average Bonchev–Trinajstić information content (AvgIpc) is 2.31. The van der Waals surface area contributed by atoms with Crippen molar-refractivity contribution < 1.29 is 22.3 Å². The molecule has 4 nitrogen and oxygen atoms in total. The summed E-state index contributed by atoms with van der Waals surface area (Å²) in [6.45, 7) is 4.75. The van der Waals surface area contributed by atoms with Gasteiger partial charge in [0, 0.05) is 6.54 Å². The number of hydrogen-bond donors (Lipinski definition) is 2. The maximum atomic E-state index is 13.0. The van der Waals surface area contributed by atoms with E-state index in [1.807, 2.05) is 13.8 Å². The van der Waals surface area contributed by atoms with Crippen molar-refractivity contribution in [3.05, 3.63) is 29.8 Å². The molecule has 1 atom stereocenters. The Bertz CT molecular complexity index is 547. The third-order valence-electron chi connectivity index (χ3n) is 2.59. The molecule has 0 heterocycles. The minimum absolute atomic E-state index is 0.126. The molecule has 0 aromatic heterocycles. The molecular formula is C13H19F2NO3S. The summed E-state index contributed by atoms with van der Waals surface area (Å²) in [6.07, 6.45) is -1.10. The maximum Gasteiger partial charge on any atom is 0.181 e. The van der Waals surface area contributed by atoms with Crippen LogP contribution in [0.3, 0.4) is 0 Å². The first-order valence-electron chi connectivity index (χ1n) is 6.29. The fourth-order valence-electron chi connectivity index (χ4n) is 1.62. The van der Waals surface area contributed by atoms with Crippen LogP contribution >= 0.6 is 0 Å². The van der Waals surface area contributed by atoms with Crippen molar-refractivity contribution >= 4 is 9.84 Å². The fourth-order valence-corrected chi connectivity index (χ4v) is 2.99. The molecule has 0 aliphatic carbocycles. The van der Waals surface area contributed by atoms with E-state index in [0.717, 1.165) is 12.1 Å². The molecule has 0 bridgehead atoms. The predicted molar refractivity (Wildman–Crippen MR) is 72.1 cm³/mol. The van der Waals surface area contributed by atoms with E-state index in [9.17, 15) is 22.3 Å². The van der Waals surface area contributed by atoms with Gasteiger partial charge in [-0.1, -0.05) is 13.8 Å².